The number of methoxy groups -OCH3 is 1. The van der Waals surface area contributed by atoms with Crippen molar-refractivity contribution in [2.45, 2.75) is 113 Å². The summed E-state index contributed by atoms with van der Waals surface area (Å²) in [7, 11) is -1.92. The van der Waals surface area contributed by atoms with Crippen LogP contribution < -0.4 is 24.8 Å². The zero-order valence-corrected chi connectivity index (χ0v) is 32.5. The van der Waals surface area contributed by atoms with E-state index >= 15 is 0 Å². The van der Waals surface area contributed by atoms with Gasteiger partial charge in [-0.15, -0.1) is 22.1 Å². The Morgan fingerprint density at radius 3 is 2.59 bits per heavy atom. The average Bonchev–Trinajstić information content (AvgIpc) is 3.95. The summed E-state index contributed by atoms with van der Waals surface area (Å²) in [5, 5.41) is 19.8. The molecule has 2 aliphatic carbocycles. The zero-order valence-electron chi connectivity index (χ0n) is 30.9. The highest BCUT2D eigenvalue weighted by Gasteiger charge is 2.63. The summed E-state index contributed by atoms with van der Waals surface area (Å²) in [6.07, 6.45) is 9.94. The molecule has 3 fully saturated rings. The number of fused-ring (bicyclic) bond motifs is 2. The molecule has 0 unspecified atom stereocenters. The molecule has 4 atom stereocenters. The van der Waals surface area contributed by atoms with E-state index in [0.717, 1.165) is 48.6 Å². The normalized spacial score (nSPS) is 27.6. The molecule has 0 bridgehead atoms. The van der Waals surface area contributed by atoms with E-state index in [9.17, 15) is 28.6 Å². The molecule has 6 N–H and O–H groups in total. The van der Waals surface area contributed by atoms with Crippen LogP contribution in [0, 0.1) is 5.92 Å². The Bertz CT molecular complexity index is 1930. The highest BCUT2D eigenvalue weighted by molar-refractivity contribution is 8.24. The van der Waals surface area contributed by atoms with Crippen LogP contribution in [0.25, 0.3) is 22.3 Å². The fourth-order valence-corrected chi connectivity index (χ4v) is 10.3. The van der Waals surface area contributed by atoms with Crippen LogP contribution in [-0.2, 0) is 9.59 Å². The summed E-state index contributed by atoms with van der Waals surface area (Å²) in [6, 6.07) is 6.22. The maximum atomic E-state index is 14.1. The number of ether oxygens (including phenoxy) is 2. The number of hydrogen-bond donors (Lipinski definition) is 6. The van der Waals surface area contributed by atoms with Crippen molar-refractivity contribution in [1.29, 1.82) is 0 Å². The van der Waals surface area contributed by atoms with Gasteiger partial charge in [0, 0.05) is 41.3 Å². The van der Waals surface area contributed by atoms with Crippen LogP contribution in [-0.4, -0.2) is 89.1 Å². The summed E-state index contributed by atoms with van der Waals surface area (Å²) in [4.78, 5) is 51.2. The number of likely N-dealkylation sites (tertiary alicyclic amines) is 1. The monoisotopic (exact) mass is 782 g/mol. The highest BCUT2D eigenvalue weighted by Crippen LogP contribution is 2.66. The molecule has 1 saturated heterocycles. The molecule has 292 valence electrons. The average molecular weight is 783 g/mol. The van der Waals surface area contributed by atoms with Crippen LogP contribution in [0.1, 0.15) is 84.5 Å². The quantitative estimate of drug-likeness (QED) is 0.127. The molecule has 54 heavy (non-hydrogen) atoms. The standard InChI is InChI=1S/C38H50N6O8S2/c1-23(2)39-35-41-30(22-53-35)29-19-32(27-13-12-25(51-3)17-28(27)40-29)52-26-18-31(44(21-26)36(47)48)33(45)42-38-20-24(38)11-9-7-5-4-6-8-10-14-37(15-16-37)54(49,50)43-34(38)46/h9,11-13,17,19,22-24,26,31,49-50H,4-8,10,14-16,18,20-21H2,1-3H3,(H,39,41)(H,42,45)(H,43,46)(H,47,48)/b11-9+/t24-,26-,31+,38-/m1/s1. The first-order chi connectivity index (χ1) is 25.8. The van der Waals surface area contributed by atoms with Crippen LogP contribution >= 0.6 is 22.1 Å². The lowest BCUT2D eigenvalue weighted by molar-refractivity contribution is -0.131. The third-order valence-electron chi connectivity index (χ3n) is 11.0. The summed E-state index contributed by atoms with van der Waals surface area (Å²) < 4.78 is 36.4. The smallest absolute Gasteiger partial charge is 0.408 e. The second-order valence-electron chi connectivity index (χ2n) is 15.3. The van der Waals surface area contributed by atoms with E-state index in [1.807, 2.05) is 37.4 Å². The minimum Gasteiger partial charge on any atom is -0.497 e. The van der Waals surface area contributed by atoms with Crippen molar-refractivity contribution in [3.63, 3.8) is 0 Å². The lowest BCUT2D eigenvalue weighted by Crippen LogP contribution is -2.56. The van der Waals surface area contributed by atoms with Gasteiger partial charge in [-0.25, -0.2) is 14.8 Å². The third kappa shape index (κ3) is 7.84. The summed E-state index contributed by atoms with van der Waals surface area (Å²) in [5.41, 5.74) is 0.365. The van der Waals surface area contributed by atoms with Gasteiger partial charge in [-0.1, -0.05) is 37.8 Å². The van der Waals surface area contributed by atoms with E-state index in [4.69, 9.17) is 19.4 Å². The Balaban J connectivity index is 1.13. The second kappa shape index (κ2) is 15.2. The van der Waals surface area contributed by atoms with Crippen molar-refractivity contribution in [1.82, 2.24) is 24.9 Å². The molecular weight excluding hydrogens is 733 g/mol. The van der Waals surface area contributed by atoms with Crippen molar-refractivity contribution < 1.29 is 38.1 Å². The molecule has 2 aromatic heterocycles. The molecular formula is C38H50N6O8S2. The summed E-state index contributed by atoms with van der Waals surface area (Å²) in [6.45, 7) is 3.97. The van der Waals surface area contributed by atoms with E-state index in [1.54, 1.807) is 25.3 Å². The fourth-order valence-electron chi connectivity index (χ4n) is 7.69. The number of carbonyl (C=O) groups excluding carboxylic acids is 2. The first-order valence-corrected chi connectivity index (χ1v) is 21.2. The largest absolute Gasteiger partial charge is 0.497 e. The molecule has 14 nitrogen and oxygen atoms in total. The molecule has 1 spiro atoms. The van der Waals surface area contributed by atoms with Gasteiger partial charge in [-0.3, -0.25) is 28.3 Å². The zero-order chi connectivity index (χ0) is 38.3. The molecule has 4 heterocycles. The van der Waals surface area contributed by atoms with Gasteiger partial charge in [-0.05, 0) is 64.5 Å². The van der Waals surface area contributed by atoms with Gasteiger partial charge in [0.25, 0.3) is 5.91 Å². The van der Waals surface area contributed by atoms with Crippen molar-refractivity contribution in [3.05, 3.63) is 41.8 Å². The van der Waals surface area contributed by atoms with E-state index < -0.39 is 51.1 Å². The van der Waals surface area contributed by atoms with Crippen LogP contribution in [0.5, 0.6) is 11.5 Å². The minimum absolute atomic E-state index is 0.0309. The van der Waals surface area contributed by atoms with Crippen molar-refractivity contribution >= 4 is 56.1 Å². The number of rotatable bonds is 8. The minimum atomic E-state index is -3.49. The number of aromatic nitrogens is 2. The van der Waals surface area contributed by atoms with Crippen LogP contribution in [0.3, 0.4) is 0 Å². The SMILES string of the molecule is COc1ccc2c(O[C@@H]3C[C@@H](C(=O)N[C@]45C[C@H]4/C=C/CCCCCCCC4(CC4)S(O)(O)NC5=O)N(C(=O)O)C3)cc(-c3csc(NC(C)C)n3)nc2c1. The lowest BCUT2D eigenvalue weighted by Gasteiger charge is -2.42. The number of carboxylic acid groups (broad SMARTS) is 1. The van der Waals surface area contributed by atoms with Gasteiger partial charge in [0.1, 0.15) is 34.9 Å². The number of anilines is 1. The molecule has 16 heteroatoms. The number of allylic oxidation sites excluding steroid dienone is 1. The number of pyridine rings is 1. The number of benzene rings is 1. The highest BCUT2D eigenvalue weighted by atomic mass is 32.3. The van der Waals surface area contributed by atoms with Crippen molar-refractivity contribution in [3.8, 4) is 22.9 Å². The van der Waals surface area contributed by atoms with Crippen molar-refractivity contribution in [2.24, 2.45) is 5.92 Å². The first kappa shape index (κ1) is 38.2. The molecule has 1 aromatic carbocycles. The van der Waals surface area contributed by atoms with Gasteiger partial charge in [0.05, 0.1) is 29.6 Å². The fraction of sp³-hybridized carbons (Fsp3) is 0.553. The maximum absolute atomic E-state index is 14.1. The predicted molar refractivity (Wildman–Crippen MR) is 209 cm³/mol. The van der Waals surface area contributed by atoms with E-state index in [0.29, 0.717) is 53.1 Å². The molecule has 2 saturated carbocycles. The molecule has 2 aliphatic heterocycles. The van der Waals surface area contributed by atoms with E-state index in [1.165, 1.54) is 11.3 Å². The molecule has 0 radical (unpaired) electrons. The van der Waals surface area contributed by atoms with Crippen LogP contribution in [0.4, 0.5) is 9.93 Å². The van der Waals surface area contributed by atoms with E-state index in [-0.39, 0.29) is 31.3 Å². The molecule has 3 aromatic rings. The van der Waals surface area contributed by atoms with Crippen LogP contribution in [0.15, 0.2) is 41.8 Å². The Morgan fingerprint density at radius 2 is 1.85 bits per heavy atom. The predicted octanol–water partition coefficient (Wildman–Crippen LogP) is 7.18. The van der Waals surface area contributed by atoms with Crippen molar-refractivity contribution in [2.75, 3.05) is 19.0 Å². The Kier molecular flexibility index (Phi) is 10.7. The number of hydrogen-bond acceptors (Lipinski definition) is 11. The number of carbonyl (C=O) groups is 3. The topological polar surface area (TPSA) is 195 Å². The van der Waals surface area contributed by atoms with Gasteiger partial charge < -0.3 is 25.2 Å². The number of nitrogens with one attached hydrogen (secondary N) is 3. The van der Waals surface area contributed by atoms with Gasteiger partial charge in [0.2, 0.25) is 5.91 Å². The third-order valence-corrected chi connectivity index (χ3v) is 14.1. The summed E-state index contributed by atoms with van der Waals surface area (Å²) in [5.74, 6) is -0.607. The molecule has 7 rings (SSSR count). The molecule has 3 amide bonds. The second-order valence-corrected chi connectivity index (χ2v) is 18.3. The lowest BCUT2D eigenvalue weighted by atomic mass is 10.1. The number of nitrogens with zero attached hydrogens (tertiary/aromatic N) is 3. The van der Waals surface area contributed by atoms with Gasteiger partial charge in [-0.2, -0.15) is 0 Å². The van der Waals surface area contributed by atoms with Gasteiger partial charge >= 0.3 is 6.09 Å². The Labute approximate surface area is 320 Å². The Morgan fingerprint density at radius 1 is 1.07 bits per heavy atom. The first-order valence-electron chi connectivity index (χ1n) is 18.8. The maximum Gasteiger partial charge on any atom is 0.408 e. The molecule has 4 aliphatic rings. The Hall–Kier alpha value is -4.12. The number of thiazole rings is 1. The van der Waals surface area contributed by atoms with Crippen LogP contribution in [0.2, 0.25) is 0 Å². The van der Waals surface area contributed by atoms with Gasteiger partial charge in [0.15, 0.2) is 5.13 Å². The number of amides is 3. The summed E-state index contributed by atoms with van der Waals surface area (Å²) >= 11 is 1.46. The van der Waals surface area contributed by atoms with E-state index in [2.05, 4.69) is 15.4 Å².